The van der Waals surface area contributed by atoms with E-state index in [0.717, 1.165) is 0 Å². The summed E-state index contributed by atoms with van der Waals surface area (Å²) in [6, 6.07) is 40.3. The summed E-state index contributed by atoms with van der Waals surface area (Å²) >= 11 is 0. The normalized spacial score (nSPS) is 11.8. The van der Waals surface area contributed by atoms with E-state index in [0.29, 0.717) is 0 Å². The molecule has 0 saturated heterocycles. The topological polar surface area (TPSA) is 0 Å². The minimum Gasteiger partial charge on any atom is -0.0620 e. The Kier molecular flexibility index (Phi) is 4.07. The highest BCUT2D eigenvalue weighted by atomic mass is 14.2. The Morgan fingerprint density at radius 3 is 1.12 bits per heavy atom. The molecule has 0 aliphatic carbocycles. The number of fused-ring (bicyclic) bond motifs is 2. The number of benzene rings is 7. The molecule has 160 valence electrons. The highest BCUT2D eigenvalue weighted by Crippen LogP contribution is 2.45. The first-order valence-electron chi connectivity index (χ1n) is 12.0. The van der Waals surface area contributed by atoms with Crippen molar-refractivity contribution in [2.45, 2.75) is 13.8 Å². The summed E-state index contributed by atoms with van der Waals surface area (Å²) in [6.45, 7) is 4.40. The molecule has 0 amide bonds. The maximum absolute atomic E-state index is 2.34. The van der Waals surface area contributed by atoms with Crippen LogP contribution in [-0.2, 0) is 0 Å². The van der Waals surface area contributed by atoms with Gasteiger partial charge in [0.15, 0.2) is 0 Å². The lowest BCUT2D eigenvalue weighted by Gasteiger charge is -2.19. The number of aryl methyl sites for hydroxylation is 2. The second-order valence-corrected chi connectivity index (χ2v) is 9.41. The van der Waals surface area contributed by atoms with Gasteiger partial charge in [0.25, 0.3) is 0 Å². The van der Waals surface area contributed by atoms with Gasteiger partial charge < -0.3 is 0 Å². The monoisotopic (exact) mass is 432 g/mol. The van der Waals surface area contributed by atoms with Crippen LogP contribution >= 0.6 is 0 Å². The van der Waals surface area contributed by atoms with Gasteiger partial charge in [-0.3, -0.25) is 0 Å². The zero-order chi connectivity index (χ0) is 22.8. The van der Waals surface area contributed by atoms with Gasteiger partial charge in [-0.05, 0) is 90.3 Å². The number of hydrogen-bond donors (Lipinski definition) is 0. The van der Waals surface area contributed by atoms with E-state index in [1.54, 1.807) is 0 Å². The quantitative estimate of drug-likeness (QED) is 0.188. The number of hydrogen-bond acceptors (Lipinski definition) is 0. The van der Waals surface area contributed by atoms with E-state index in [2.05, 4.69) is 123 Å². The Labute approximate surface area is 199 Å². The molecule has 0 heteroatoms. The lowest BCUT2D eigenvalue weighted by atomic mass is 9.84. The van der Waals surface area contributed by atoms with Crippen LogP contribution in [0.25, 0.3) is 65.3 Å². The molecule has 7 rings (SSSR count). The molecule has 7 aromatic rings. The lowest BCUT2D eigenvalue weighted by Crippen LogP contribution is -1.92. The highest BCUT2D eigenvalue weighted by Gasteiger charge is 2.17. The molecule has 0 spiro atoms. The van der Waals surface area contributed by atoms with Crippen LogP contribution in [-0.4, -0.2) is 0 Å². The summed E-state index contributed by atoms with van der Waals surface area (Å²) in [5.74, 6) is 0. The van der Waals surface area contributed by atoms with Gasteiger partial charge in [0.1, 0.15) is 0 Å². The van der Waals surface area contributed by atoms with E-state index in [-0.39, 0.29) is 0 Å². The van der Waals surface area contributed by atoms with Crippen LogP contribution in [0.3, 0.4) is 0 Å². The van der Waals surface area contributed by atoms with Crippen molar-refractivity contribution < 1.29 is 0 Å². The van der Waals surface area contributed by atoms with Crippen molar-refractivity contribution in [1.82, 2.24) is 0 Å². The second kappa shape index (κ2) is 7.17. The zero-order valence-corrected chi connectivity index (χ0v) is 19.4. The fourth-order valence-corrected chi connectivity index (χ4v) is 5.93. The Balaban J connectivity index is 1.65. The molecular weight excluding hydrogens is 408 g/mol. The molecule has 0 N–H and O–H groups in total. The molecule has 0 aromatic heterocycles. The van der Waals surface area contributed by atoms with Gasteiger partial charge in [0.2, 0.25) is 0 Å². The maximum atomic E-state index is 2.34. The van der Waals surface area contributed by atoms with E-state index in [9.17, 15) is 0 Å². The molecule has 0 unspecified atom stereocenters. The van der Waals surface area contributed by atoms with E-state index in [1.807, 2.05) is 0 Å². The third kappa shape index (κ3) is 2.60. The lowest BCUT2D eigenvalue weighted by molar-refractivity contribution is 1.47. The van der Waals surface area contributed by atoms with Crippen LogP contribution in [0.4, 0.5) is 0 Å². The summed E-state index contributed by atoms with van der Waals surface area (Å²) < 4.78 is 0. The molecule has 0 aliphatic heterocycles. The summed E-state index contributed by atoms with van der Waals surface area (Å²) in [5.41, 5.74) is 7.86. The summed E-state index contributed by atoms with van der Waals surface area (Å²) in [4.78, 5) is 0. The molecule has 7 aromatic carbocycles. The minimum absolute atomic E-state index is 1.31. The maximum Gasteiger partial charge on any atom is -0.00201 e. The van der Waals surface area contributed by atoms with Crippen LogP contribution in [0.5, 0.6) is 0 Å². The van der Waals surface area contributed by atoms with Gasteiger partial charge in [-0.15, -0.1) is 0 Å². The second-order valence-electron chi connectivity index (χ2n) is 9.41. The Hall–Kier alpha value is -4.16. The summed E-state index contributed by atoms with van der Waals surface area (Å²) in [7, 11) is 0. The van der Waals surface area contributed by atoms with Crippen molar-refractivity contribution in [1.29, 1.82) is 0 Å². The first kappa shape index (κ1) is 19.3. The van der Waals surface area contributed by atoms with Crippen molar-refractivity contribution in [2.75, 3.05) is 0 Å². The molecular formula is C34H24. The van der Waals surface area contributed by atoms with E-state index < -0.39 is 0 Å². The molecule has 0 radical (unpaired) electrons. The molecule has 34 heavy (non-hydrogen) atoms. The fourth-order valence-electron chi connectivity index (χ4n) is 5.93. The van der Waals surface area contributed by atoms with Crippen molar-refractivity contribution >= 4 is 43.1 Å². The summed E-state index contributed by atoms with van der Waals surface area (Å²) in [6.07, 6.45) is 0. The first-order valence-corrected chi connectivity index (χ1v) is 12.0. The van der Waals surface area contributed by atoms with Crippen LogP contribution in [0, 0.1) is 13.8 Å². The molecule has 0 bridgehead atoms. The van der Waals surface area contributed by atoms with E-state index in [1.165, 1.54) is 76.5 Å². The zero-order valence-electron chi connectivity index (χ0n) is 19.4. The largest absolute Gasteiger partial charge is 0.0620 e. The van der Waals surface area contributed by atoms with Crippen LogP contribution in [0.1, 0.15) is 11.1 Å². The molecule has 0 heterocycles. The molecule has 0 fully saturated rings. The smallest absolute Gasteiger partial charge is 0.00201 e. The standard InChI is InChI=1S/C34H24/c1-21-9-3-5-11-23(21)25-17-19-31-32-20-18-26(24-12-6-4-10-22(24)2)28-14-8-16-30(34(28)32)29-15-7-13-27(25)33(29)31/h3-20H,1-2H3. The molecule has 0 saturated carbocycles. The van der Waals surface area contributed by atoms with Gasteiger partial charge in [-0.1, -0.05) is 109 Å². The van der Waals surface area contributed by atoms with Gasteiger partial charge >= 0.3 is 0 Å². The average Bonchev–Trinajstić information content (AvgIpc) is 2.88. The van der Waals surface area contributed by atoms with Crippen molar-refractivity contribution in [3.63, 3.8) is 0 Å². The van der Waals surface area contributed by atoms with Gasteiger partial charge in [0, 0.05) is 0 Å². The van der Waals surface area contributed by atoms with Crippen LogP contribution in [0.2, 0.25) is 0 Å². The third-order valence-electron chi connectivity index (χ3n) is 7.53. The van der Waals surface area contributed by atoms with E-state index in [4.69, 9.17) is 0 Å². The Bertz CT molecular complexity index is 1710. The van der Waals surface area contributed by atoms with Gasteiger partial charge in [-0.2, -0.15) is 0 Å². The SMILES string of the molecule is Cc1ccccc1-c1ccc2c3ccc(-c4ccccc4C)c4cccc(c5cccc1c52)c43. The van der Waals surface area contributed by atoms with Gasteiger partial charge in [-0.25, -0.2) is 0 Å². The highest BCUT2D eigenvalue weighted by molar-refractivity contribution is 6.35. The van der Waals surface area contributed by atoms with Gasteiger partial charge in [0.05, 0.1) is 0 Å². The first-order chi connectivity index (χ1) is 16.7. The van der Waals surface area contributed by atoms with Crippen molar-refractivity contribution in [3.05, 3.63) is 120 Å². The third-order valence-corrected chi connectivity index (χ3v) is 7.53. The molecule has 0 atom stereocenters. The predicted molar refractivity (Wildman–Crippen MR) is 148 cm³/mol. The molecule has 0 nitrogen and oxygen atoms in total. The summed E-state index contributed by atoms with van der Waals surface area (Å²) in [5, 5.41) is 10.7. The Morgan fingerprint density at radius 1 is 0.294 bits per heavy atom. The van der Waals surface area contributed by atoms with Crippen LogP contribution in [0.15, 0.2) is 109 Å². The minimum atomic E-state index is 1.31. The number of rotatable bonds is 2. The predicted octanol–water partition coefficient (Wildman–Crippen LogP) is 9.69. The fraction of sp³-hybridized carbons (Fsp3) is 0.0588. The average molecular weight is 433 g/mol. The van der Waals surface area contributed by atoms with E-state index >= 15 is 0 Å². The van der Waals surface area contributed by atoms with Crippen LogP contribution < -0.4 is 0 Å². The Morgan fingerprint density at radius 2 is 0.676 bits per heavy atom. The molecule has 0 aliphatic rings. The van der Waals surface area contributed by atoms with Crippen molar-refractivity contribution in [3.8, 4) is 22.3 Å². The van der Waals surface area contributed by atoms with Crippen molar-refractivity contribution in [2.24, 2.45) is 0 Å².